The van der Waals surface area contributed by atoms with Crippen molar-refractivity contribution in [2.75, 3.05) is 19.9 Å². The molecule has 0 radical (unpaired) electrons. The van der Waals surface area contributed by atoms with Gasteiger partial charge >= 0.3 is 6.80 Å². The Kier molecular flexibility index (Phi) is 11.0. The fourth-order valence-corrected chi connectivity index (χ4v) is 12.5. The molecule has 18 nitrogen and oxygen atoms in total. The molecule has 5 aromatic rings. The Morgan fingerprint density at radius 1 is 0.845 bits per heavy atom. The summed E-state index contributed by atoms with van der Waals surface area (Å²) in [5.41, 5.74) is 2.79. The van der Waals surface area contributed by atoms with Gasteiger partial charge in [-0.1, -0.05) is 30.4 Å². The Morgan fingerprint density at radius 3 is 1.98 bits per heavy atom. The summed E-state index contributed by atoms with van der Waals surface area (Å²) in [6, 6.07) is 5.89. The van der Waals surface area contributed by atoms with Crippen LogP contribution in [0.3, 0.4) is 0 Å². The molecule has 14 bridgehead atoms. The van der Waals surface area contributed by atoms with Crippen LogP contribution < -0.4 is 0 Å². The van der Waals surface area contributed by atoms with Crippen LogP contribution in [0.5, 0.6) is 0 Å². The fraction of sp³-hybridized carbons (Fsp3) is 0.471. The average Bonchev–Trinajstić information content (AvgIpc) is 3.98. The van der Waals surface area contributed by atoms with Crippen molar-refractivity contribution < 1.29 is 45.8 Å². The highest BCUT2D eigenvalue weighted by molar-refractivity contribution is 8.54. The van der Waals surface area contributed by atoms with Gasteiger partial charge in [-0.2, -0.15) is 0 Å². The molecule has 306 valence electrons. The zero-order chi connectivity index (χ0) is 40.2. The summed E-state index contributed by atoms with van der Waals surface area (Å²) in [6.07, 6.45) is -0.272. The zero-order valence-corrected chi connectivity index (χ0v) is 33.9. The number of alkyl halides is 2. The highest BCUT2D eigenvalue weighted by Crippen LogP contribution is 2.65. The zero-order valence-electron chi connectivity index (χ0n) is 30.5. The van der Waals surface area contributed by atoms with Gasteiger partial charge in [-0.15, -0.1) is 0 Å². The largest absolute Gasteiger partial charge is 0.390 e. The molecular weight excluding hydrogens is 843 g/mol. The second-order valence-electron chi connectivity index (χ2n) is 14.0. The van der Waals surface area contributed by atoms with Crippen molar-refractivity contribution in [3.05, 3.63) is 88.8 Å². The third-order valence-electron chi connectivity index (χ3n) is 10.2. The van der Waals surface area contributed by atoms with Crippen LogP contribution >= 0.6 is 24.7 Å². The molecule has 0 aliphatic carbocycles. The van der Waals surface area contributed by atoms with Crippen molar-refractivity contribution in [1.82, 2.24) is 39.0 Å². The second-order valence-corrected chi connectivity index (χ2v) is 22.0. The van der Waals surface area contributed by atoms with Gasteiger partial charge in [-0.3, -0.25) is 28.3 Å². The third-order valence-corrected chi connectivity index (χ3v) is 15.7. The summed E-state index contributed by atoms with van der Waals surface area (Å²) in [4.78, 5) is 38.0. The van der Waals surface area contributed by atoms with E-state index in [9.17, 15) is 14.7 Å². The molecule has 0 spiro atoms. The molecule has 3 saturated heterocycles. The van der Waals surface area contributed by atoms with Gasteiger partial charge in [0.1, 0.15) is 48.1 Å². The number of nitro benzene ring substituents is 1. The number of allylic oxidation sites excluding steroid dienone is 2. The molecule has 9 heterocycles. The van der Waals surface area contributed by atoms with Gasteiger partial charge in [0.2, 0.25) is 0 Å². The van der Waals surface area contributed by atoms with Crippen LogP contribution in [-0.2, 0) is 62.5 Å². The Hall–Kier alpha value is -3.69. The summed E-state index contributed by atoms with van der Waals surface area (Å²) in [5.74, 6) is -0.233. The number of hydrogen-bond acceptors (Lipinski definition) is 17. The van der Waals surface area contributed by atoms with Crippen molar-refractivity contribution in [1.29, 1.82) is 0 Å². The predicted octanol–water partition coefficient (Wildman–Crippen LogP) is 6.28. The van der Waals surface area contributed by atoms with Crippen LogP contribution in [0.4, 0.5) is 14.5 Å². The summed E-state index contributed by atoms with van der Waals surface area (Å²) in [7, 11) is 0. The first-order valence-corrected chi connectivity index (χ1v) is 24.5. The molecule has 0 N–H and O–H groups in total. The van der Waals surface area contributed by atoms with E-state index in [-0.39, 0.29) is 17.0 Å². The summed E-state index contributed by atoms with van der Waals surface area (Å²) in [5, 5.41) is 11.9. The normalized spacial score (nSPS) is 33.6. The number of fused-ring (bicyclic) bond motifs is 10. The minimum absolute atomic E-state index is 0.209. The van der Waals surface area contributed by atoms with Gasteiger partial charge in [0.05, 0.1) is 42.2 Å². The lowest BCUT2D eigenvalue weighted by Crippen LogP contribution is -2.37. The lowest BCUT2D eigenvalue weighted by molar-refractivity contribution is -0.385. The van der Waals surface area contributed by atoms with E-state index in [2.05, 4.69) is 29.9 Å². The van der Waals surface area contributed by atoms with Crippen molar-refractivity contribution in [2.24, 2.45) is 0 Å². The first-order chi connectivity index (χ1) is 28.0. The molecule has 58 heavy (non-hydrogen) atoms. The lowest BCUT2D eigenvalue weighted by Gasteiger charge is -2.31. The standard InChI is InChI=1S/C34H35F2N9O9P2S2/c1-55(57)49-12-23-30-26(36)34(51-23)44-18-42-28-21(38-16-40-32(28)44)10-5-3-2-4-9-20-27-31(39-15-37-20)43(17-41-27)33-25(35)29(53-55)24(52-33)13-50-56(48,54-30)58-14-19-8-6-7-11-22(19)45(46)47/h2-3,6-8,11,15-18,23-26,29-30,33-34H,4-5,9-10,12-14H2,1H3/b3-2+/t23?,24-,25-,26-,29-,30-,33-,34-,55?,56?/m1/s1. The topological polar surface area (TPSA) is 203 Å². The number of aryl methyl sites for hydroxylation is 2. The van der Waals surface area contributed by atoms with Gasteiger partial charge in [0, 0.05) is 24.0 Å². The van der Waals surface area contributed by atoms with Crippen LogP contribution in [0.15, 0.2) is 61.7 Å². The number of para-hydroxylation sites is 1. The molecule has 5 aliphatic heterocycles. The minimum Gasteiger partial charge on any atom is -0.346 e. The van der Waals surface area contributed by atoms with Crippen LogP contribution in [0.25, 0.3) is 22.3 Å². The van der Waals surface area contributed by atoms with Crippen molar-refractivity contribution in [3.8, 4) is 0 Å². The summed E-state index contributed by atoms with van der Waals surface area (Å²) in [6.45, 7) is -7.37. The SMILES string of the molecule is CP1(=S)OCC2O[C@@H]3[C@H](F)[C@@H]2OP(=O)(SCc2ccccc2[N+](=O)[O-])OC[C@H]2O[C@H]([C@H](F)[C@@H]2O1)n1cnc2c(ncnc21)CC/C=C/CCc1ncnc2c1ncn23. The number of ether oxygens (including phenoxy) is 2. The molecule has 10 rings (SSSR count). The van der Waals surface area contributed by atoms with Crippen LogP contribution in [0, 0.1) is 10.1 Å². The number of hydrogen-bond donors (Lipinski definition) is 0. The van der Waals surface area contributed by atoms with E-state index in [0.717, 1.165) is 0 Å². The van der Waals surface area contributed by atoms with E-state index in [1.54, 1.807) is 6.07 Å². The molecule has 0 saturated carbocycles. The number of halogens is 2. The molecule has 24 heteroatoms. The quantitative estimate of drug-likeness (QED) is 0.0844. The number of rotatable bonds is 4. The van der Waals surface area contributed by atoms with Crippen LogP contribution in [0.1, 0.15) is 42.2 Å². The van der Waals surface area contributed by atoms with Crippen molar-refractivity contribution in [2.45, 2.75) is 80.7 Å². The highest BCUT2D eigenvalue weighted by Gasteiger charge is 2.54. The Labute approximate surface area is 337 Å². The maximum absolute atomic E-state index is 17.0. The smallest absolute Gasteiger partial charge is 0.346 e. The van der Waals surface area contributed by atoms with Crippen LogP contribution in [0.2, 0.25) is 0 Å². The maximum atomic E-state index is 17.0. The minimum atomic E-state index is -4.54. The molecule has 3 unspecified atom stereocenters. The van der Waals surface area contributed by atoms with E-state index in [1.165, 1.54) is 59.3 Å². The van der Waals surface area contributed by atoms with Gasteiger partial charge in [0.25, 0.3) is 5.69 Å². The monoisotopic (exact) mass is 877 g/mol. The Balaban J connectivity index is 1.14. The lowest BCUT2D eigenvalue weighted by atomic mass is 10.1. The number of nitrogens with zero attached hydrogens (tertiary/aromatic N) is 9. The number of aromatic nitrogens is 8. The van der Waals surface area contributed by atoms with Gasteiger partial charge in [0.15, 0.2) is 42.6 Å². The van der Waals surface area contributed by atoms with Crippen molar-refractivity contribution >= 4 is 64.5 Å². The number of imidazole rings is 2. The fourth-order valence-electron chi connectivity index (χ4n) is 7.40. The molecule has 5 aliphatic rings. The Morgan fingerprint density at radius 2 is 1.40 bits per heavy atom. The highest BCUT2D eigenvalue weighted by atomic mass is 32.7. The van der Waals surface area contributed by atoms with Crippen molar-refractivity contribution in [3.63, 3.8) is 0 Å². The summed E-state index contributed by atoms with van der Waals surface area (Å²) < 4.78 is 88.6. The summed E-state index contributed by atoms with van der Waals surface area (Å²) >= 11 is 6.37. The third kappa shape index (κ3) is 7.63. The van der Waals surface area contributed by atoms with E-state index < -0.39 is 80.6 Å². The van der Waals surface area contributed by atoms with Gasteiger partial charge in [-0.25, -0.2) is 43.2 Å². The first kappa shape index (κ1) is 39.8. The molecule has 3 fully saturated rings. The van der Waals surface area contributed by atoms with E-state index in [1.807, 2.05) is 12.2 Å². The number of benzene rings is 1. The average molecular weight is 878 g/mol. The molecule has 10 atom stereocenters. The Bertz CT molecular complexity index is 2500. The second kappa shape index (κ2) is 16.1. The molecule has 4 aromatic heterocycles. The van der Waals surface area contributed by atoms with Crippen LogP contribution in [-0.4, -0.2) is 101 Å². The number of nitro groups is 1. The van der Waals surface area contributed by atoms with Gasteiger partial charge in [-0.05, 0) is 48.9 Å². The molecular formula is C34H35F2N9O9P2S2. The first-order valence-electron chi connectivity index (χ1n) is 18.3. The molecule has 1 aromatic carbocycles. The molecule has 0 amide bonds. The predicted molar refractivity (Wildman–Crippen MR) is 208 cm³/mol. The van der Waals surface area contributed by atoms with E-state index >= 15 is 8.78 Å². The van der Waals surface area contributed by atoms with Gasteiger partial charge < -0.3 is 18.5 Å². The van der Waals surface area contributed by atoms with E-state index in [0.29, 0.717) is 70.8 Å². The maximum Gasteiger partial charge on any atom is 0.390 e. The van der Waals surface area contributed by atoms with E-state index in [4.69, 9.17) is 39.4 Å².